The van der Waals surface area contributed by atoms with Gasteiger partial charge >= 0.3 is 0 Å². The lowest BCUT2D eigenvalue weighted by Crippen LogP contribution is -2.31. The van der Waals surface area contributed by atoms with Crippen molar-refractivity contribution in [2.45, 2.75) is 6.92 Å². The fourth-order valence-electron chi connectivity index (χ4n) is 2.44. The van der Waals surface area contributed by atoms with Crippen molar-refractivity contribution in [1.82, 2.24) is 4.90 Å². The van der Waals surface area contributed by atoms with Gasteiger partial charge in [-0.15, -0.1) is 0 Å². The van der Waals surface area contributed by atoms with Crippen LogP contribution < -0.4 is 10.5 Å². The quantitative estimate of drug-likeness (QED) is 0.879. The van der Waals surface area contributed by atoms with Crippen molar-refractivity contribution in [3.05, 3.63) is 29.8 Å². The van der Waals surface area contributed by atoms with Gasteiger partial charge in [-0.1, -0.05) is 13.0 Å². The molecule has 0 saturated carbocycles. The fourth-order valence-corrected chi connectivity index (χ4v) is 2.44. The second kappa shape index (κ2) is 5.30. The number of rotatable bonds is 3. The third-order valence-electron chi connectivity index (χ3n) is 3.58. The molecule has 1 aliphatic heterocycles. The van der Waals surface area contributed by atoms with Gasteiger partial charge in [-0.2, -0.15) is 0 Å². The van der Waals surface area contributed by atoms with Crippen molar-refractivity contribution in [3.63, 3.8) is 0 Å². The number of nitrogens with two attached hydrogens (primary N) is 1. The molecule has 0 radical (unpaired) electrons. The molecule has 19 heavy (non-hydrogen) atoms. The van der Waals surface area contributed by atoms with E-state index in [1.165, 1.54) is 0 Å². The van der Waals surface area contributed by atoms with Crippen LogP contribution >= 0.6 is 0 Å². The van der Waals surface area contributed by atoms with Crippen LogP contribution in [0.15, 0.2) is 24.3 Å². The van der Waals surface area contributed by atoms with Gasteiger partial charge in [0.15, 0.2) is 0 Å². The maximum absolute atomic E-state index is 12.3. The number of primary amides is 1. The summed E-state index contributed by atoms with van der Waals surface area (Å²) in [5.41, 5.74) is 5.90. The van der Waals surface area contributed by atoms with Crippen molar-refractivity contribution >= 4 is 11.8 Å². The summed E-state index contributed by atoms with van der Waals surface area (Å²) in [7, 11) is 1.56. The molecule has 1 aromatic rings. The summed E-state index contributed by atoms with van der Waals surface area (Å²) in [5, 5.41) is 0. The largest absolute Gasteiger partial charge is 0.497 e. The summed E-state index contributed by atoms with van der Waals surface area (Å²) < 4.78 is 5.10. The van der Waals surface area contributed by atoms with Crippen molar-refractivity contribution in [2.24, 2.45) is 17.6 Å². The number of amides is 2. The number of hydrogen-bond donors (Lipinski definition) is 1. The Bertz CT molecular complexity index is 501. The molecular weight excluding hydrogens is 244 g/mol. The number of carbonyl (C=O) groups excluding carboxylic acids is 2. The third-order valence-corrected chi connectivity index (χ3v) is 3.58. The topological polar surface area (TPSA) is 72.6 Å². The number of benzene rings is 1. The van der Waals surface area contributed by atoms with Crippen molar-refractivity contribution < 1.29 is 14.3 Å². The van der Waals surface area contributed by atoms with Gasteiger partial charge in [0.1, 0.15) is 5.75 Å². The molecule has 2 atom stereocenters. The first-order valence-electron chi connectivity index (χ1n) is 6.25. The van der Waals surface area contributed by atoms with Crippen LogP contribution in [0.1, 0.15) is 17.3 Å². The van der Waals surface area contributed by atoms with Crippen LogP contribution in [0, 0.1) is 11.8 Å². The van der Waals surface area contributed by atoms with Crippen LogP contribution in [-0.2, 0) is 4.79 Å². The predicted octanol–water partition coefficient (Wildman–Crippen LogP) is 0.889. The maximum Gasteiger partial charge on any atom is 0.254 e. The molecule has 1 aliphatic rings. The number of likely N-dealkylation sites (tertiary alicyclic amines) is 1. The van der Waals surface area contributed by atoms with Gasteiger partial charge in [-0.25, -0.2) is 0 Å². The SMILES string of the molecule is COc1cccc(C(=O)N2C[C@@H](C)[C@H](C(N)=O)C2)c1. The van der Waals surface area contributed by atoms with E-state index in [-0.39, 0.29) is 23.7 Å². The Kier molecular flexibility index (Phi) is 3.74. The number of carbonyl (C=O) groups is 2. The van der Waals surface area contributed by atoms with Crippen LogP contribution in [-0.4, -0.2) is 36.9 Å². The first-order chi connectivity index (χ1) is 9.02. The van der Waals surface area contributed by atoms with Gasteiger partial charge in [-0.3, -0.25) is 9.59 Å². The molecule has 2 rings (SSSR count). The highest BCUT2D eigenvalue weighted by Gasteiger charge is 2.36. The Balaban J connectivity index is 2.14. The van der Waals surface area contributed by atoms with Gasteiger partial charge < -0.3 is 15.4 Å². The molecule has 2 N–H and O–H groups in total. The summed E-state index contributed by atoms with van der Waals surface area (Å²) in [4.78, 5) is 25.3. The number of nitrogens with zero attached hydrogens (tertiary/aromatic N) is 1. The minimum absolute atomic E-state index is 0.0884. The molecule has 0 aromatic heterocycles. The molecule has 0 unspecified atom stereocenters. The van der Waals surface area contributed by atoms with E-state index in [4.69, 9.17) is 10.5 Å². The predicted molar refractivity (Wildman–Crippen MR) is 70.7 cm³/mol. The van der Waals surface area contributed by atoms with Crippen LogP contribution in [0.3, 0.4) is 0 Å². The summed E-state index contributed by atoms with van der Waals surface area (Å²) in [6, 6.07) is 7.00. The number of ether oxygens (including phenoxy) is 1. The van der Waals surface area contributed by atoms with E-state index in [1.807, 2.05) is 6.92 Å². The molecule has 1 heterocycles. The smallest absolute Gasteiger partial charge is 0.254 e. The zero-order valence-corrected chi connectivity index (χ0v) is 11.1. The monoisotopic (exact) mass is 262 g/mol. The average Bonchev–Trinajstić information content (AvgIpc) is 2.80. The van der Waals surface area contributed by atoms with E-state index < -0.39 is 0 Å². The molecule has 1 saturated heterocycles. The molecule has 5 heteroatoms. The molecule has 0 spiro atoms. The maximum atomic E-state index is 12.3. The van der Waals surface area contributed by atoms with Gasteiger partial charge in [-0.05, 0) is 24.1 Å². The number of hydrogen-bond acceptors (Lipinski definition) is 3. The minimum atomic E-state index is -0.339. The van der Waals surface area contributed by atoms with E-state index in [9.17, 15) is 9.59 Å². The molecule has 2 amide bonds. The van der Waals surface area contributed by atoms with Crippen LogP contribution in [0.5, 0.6) is 5.75 Å². The van der Waals surface area contributed by atoms with Crippen molar-refractivity contribution in [3.8, 4) is 5.75 Å². The summed E-state index contributed by atoms with van der Waals surface area (Å²) in [6.07, 6.45) is 0. The highest BCUT2D eigenvalue weighted by atomic mass is 16.5. The van der Waals surface area contributed by atoms with Gasteiger partial charge in [0.25, 0.3) is 5.91 Å². The van der Waals surface area contributed by atoms with E-state index in [0.29, 0.717) is 24.4 Å². The Morgan fingerprint density at radius 1 is 1.37 bits per heavy atom. The molecule has 5 nitrogen and oxygen atoms in total. The highest BCUT2D eigenvalue weighted by Crippen LogP contribution is 2.25. The highest BCUT2D eigenvalue weighted by molar-refractivity contribution is 5.95. The summed E-state index contributed by atoms with van der Waals surface area (Å²) in [5.74, 6) is 0.0640. The lowest BCUT2D eigenvalue weighted by atomic mass is 9.98. The van der Waals surface area contributed by atoms with Crippen molar-refractivity contribution in [1.29, 1.82) is 0 Å². The molecule has 1 fully saturated rings. The van der Waals surface area contributed by atoms with Crippen LogP contribution in [0.25, 0.3) is 0 Å². The Morgan fingerprint density at radius 3 is 2.68 bits per heavy atom. The second-order valence-corrected chi connectivity index (χ2v) is 4.93. The third kappa shape index (κ3) is 2.70. The zero-order valence-electron chi connectivity index (χ0n) is 11.1. The van der Waals surface area contributed by atoms with E-state index >= 15 is 0 Å². The molecule has 0 aliphatic carbocycles. The van der Waals surface area contributed by atoms with Crippen LogP contribution in [0.2, 0.25) is 0 Å². The lowest BCUT2D eigenvalue weighted by molar-refractivity contribution is -0.122. The van der Waals surface area contributed by atoms with E-state index in [2.05, 4.69) is 0 Å². The standard InChI is InChI=1S/C14H18N2O3/c1-9-7-16(8-12(9)13(15)17)14(18)10-4-3-5-11(6-10)19-2/h3-6,9,12H,7-8H2,1-2H3,(H2,15,17)/t9-,12-/m1/s1. The molecular formula is C14H18N2O3. The fraction of sp³-hybridized carbons (Fsp3) is 0.429. The molecule has 0 bridgehead atoms. The Labute approximate surface area is 112 Å². The Morgan fingerprint density at radius 2 is 2.11 bits per heavy atom. The second-order valence-electron chi connectivity index (χ2n) is 4.93. The minimum Gasteiger partial charge on any atom is -0.497 e. The van der Waals surface area contributed by atoms with E-state index in [1.54, 1.807) is 36.3 Å². The summed E-state index contributed by atoms with van der Waals surface area (Å²) >= 11 is 0. The number of methoxy groups -OCH3 is 1. The molecule has 1 aromatic carbocycles. The lowest BCUT2D eigenvalue weighted by Gasteiger charge is -2.16. The normalized spacial score (nSPS) is 22.3. The Hall–Kier alpha value is -2.04. The first-order valence-corrected chi connectivity index (χ1v) is 6.25. The van der Waals surface area contributed by atoms with Gasteiger partial charge in [0.05, 0.1) is 13.0 Å². The average molecular weight is 262 g/mol. The zero-order chi connectivity index (χ0) is 14.0. The van der Waals surface area contributed by atoms with Crippen molar-refractivity contribution in [2.75, 3.05) is 20.2 Å². The summed E-state index contributed by atoms with van der Waals surface area (Å²) in [6.45, 7) is 2.89. The van der Waals surface area contributed by atoms with Crippen LogP contribution in [0.4, 0.5) is 0 Å². The first kappa shape index (κ1) is 13.4. The van der Waals surface area contributed by atoms with Gasteiger partial charge in [0.2, 0.25) is 5.91 Å². The van der Waals surface area contributed by atoms with E-state index in [0.717, 1.165) is 0 Å². The van der Waals surface area contributed by atoms with Gasteiger partial charge in [0, 0.05) is 18.7 Å². The molecule has 102 valence electrons.